The van der Waals surface area contributed by atoms with Crippen LogP contribution in [0.3, 0.4) is 0 Å². The Bertz CT molecular complexity index is 922. The van der Waals surface area contributed by atoms with Crippen LogP contribution in [-0.2, 0) is 14.4 Å². The van der Waals surface area contributed by atoms with E-state index in [1.165, 1.54) is 0 Å². The molecular weight excluding hydrogens is 536 g/mol. The molecule has 0 aromatic rings. The van der Waals surface area contributed by atoms with Gasteiger partial charge in [-0.05, 0) is 111 Å². The van der Waals surface area contributed by atoms with E-state index in [1.807, 2.05) is 0 Å². The third kappa shape index (κ3) is 6.99. The molecule has 4 rings (SSSR count). The number of aliphatic carboxylic acids is 2. The predicted molar refractivity (Wildman–Crippen MR) is 134 cm³/mol. The number of carbonyl (C=O) groups is 3. The number of aliphatic hydroxyl groups is 3. The molecule has 0 bridgehead atoms. The van der Waals surface area contributed by atoms with Crippen LogP contribution >= 0.6 is 0 Å². The van der Waals surface area contributed by atoms with Crippen LogP contribution in [0.25, 0.3) is 0 Å². The Balaban J connectivity index is 0.00000280. The van der Waals surface area contributed by atoms with Gasteiger partial charge in [-0.1, -0.05) is 20.8 Å². The molecule has 1 unspecified atom stereocenters. The standard InChI is InChI=1S/C29H47NO8.2Na/c1-15(4-8-24(34)30-21(27(37)38)7-9-25(35)36)18-5-6-19-26-20(14-23(33)29(18,19)3)28(2)11-10-17(31)12-16(28)13-22(26)32;;/h15-23,26,31-33H,4-14H2,1-3H3,(H,30,34)(H,35,36)(H,37,38);;/q;2*+1/p-2/t15-,16+,17-,18-,19+,20+,21?,22-,23+,26+,28+,29-;;/m1../s1. The van der Waals surface area contributed by atoms with Gasteiger partial charge in [0.05, 0.1) is 30.3 Å². The van der Waals surface area contributed by atoms with Gasteiger partial charge in [-0.2, -0.15) is 0 Å². The van der Waals surface area contributed by atoms with Crippen molar-refractivity contribution in [1.29, 1.82) is 0 Å². The summed E-state index contributed by atoms with van der Waals surface area (Å²) < 4.78 is 0. The summed E-state index contributed by atoms with van der Waals surface area (Å²) in [5, 5.41) is 57.7. The van der Waals surface area contributed by atoms with Crippen LogP contribution in [0.15, 0.2) is 0 Å². The first kappa shape index (κ1) is 36.5. The van der Waals surface area contributed by atoms with Gasteiger partial charge in [0.2, 0.25) is 5.91 Å². The van der Waals surface area contributed by atoms with Crippen molar-refractivity contribution in [3.8, 4) is 0 Å². The molecule has 0 heterocycles. The van der Waals surface area contributed by atoms with Gasteiger partial charge in [0, 0.05) is 12.4 Å². The van der Waals surface area contributed by atoms with Crippen LogP contribution in [0.5, 0.6) is 0 Å². The number of carbonyl (C=O) groups excluding carboxylic acids is 3. The first-order valence-corrected chi connectivity index (χ1v) is 14.5. The molecule has 0 radical (unpaired) electrons. The van der Waals surface area contributed by atoms with Gasteiger partial charge < -0.3 is 40.4 Å². The first-order valence-electron chi connectivity index (χ1n) is 14.5. The van der Waals surface area contributed by atoms with E-state index in [-0.39, 0.29) is 124 Å². The zero-order valence-corrected chi connectivity index (χ0v) is 28.9. The van der Waals surface area contributed by atoms with Gasteiger partial charge in [-0.3, -0.25) is 4.79 Å². The van der Waals surface area contributed by atoms with Crippen molar-refractivity contribution in [2.75, 3.05) is 0 Å². The minimum Gasteiger partial charge on any atom is -0.550 e. The Hall–Kier alpha value is 0.290. The van der Waals surface area contributed by atoms with Crippen molar-refractivity contribution in [2.24, 2.45) is 46.3 Å². The Labute approximate surface area is 282 Å². The normalized spacial score (nSPS) is 41.5. The van der Waals surface area contributed by atoms with E-state index < -0.39 is 42.5 Å². The third-order valence-corrected chi connectivity index (χ3v) is 11.6. The quantitative estimate of drug-likeness (QED) is 0.195. The van der Waals surface area contributed by atoms with Crippen molar-refractivity contribution in [3.05, 3.63) is 0 Å². The van der Waals surface area contributed by atoms with Crippen LogP contribution in [0.2, 0.25) is 0 Å². The molecule has 0 saturated heterocycles. The fourth-order valence-corrected chi connectivity index (χ4v) is 9.47. The van der Waals surface area contributed by atoms with Crippen molar-refractivity contribution in [1.82, 2.24) is 5.32 Å². The van der Waals surface area contributed by atoms with E-state index in [0.29, 0.717) is 19.3 Å². The molecule has 4 aliphatic carbocycles. The van der Waals surface area contributed by atoms with E-state index in [2.05, 4.69) is 26.1 Å². The van der Waals surface area contributed by atoms with Gasteiger partial charge in [-0.15, -0.1) is 0 Å². The number of aliphatic hydroxyl groups excluding tert-OH is 3. The molecule has 0 aromatic carbocycles. The molecule has 216 valence electrons. The number of nitrogens with one attached hydrogen (secondary N) is 1. The predicted octanol–water partition coefficient (Wildman–Crippen LogP) is -5.86. The summed E-state index contributed by atoms with van der Waals surface area (Å²) in [7, 11) is 0. The topological polar surface area (TPSA) is 170 Å². The zero-order valence-electron chi connectivity index (χ0n) is 24.9. The minimum absolute atomic E-state index is 0. The summed E-state index contributed by atoms with van der Waals surface area (Å²) in [5.41, 5.74) is -0.364. The number of carboxylic acid groups (broad SMARTS) is 2. The summed E-state index contributed by atoms with van der Waals surface area (Å²) >= 11 is 0. The molecular formula is C29H45NNa2O8. The van der Waals surface area contributed by atoms with Crippen molar-refractivity contribution in [2.45, 2.75) is 116 Å². The van der Waals surface area contributed by atoms with Gasteiger partial charge >= 0.3 is 59.1 Å². The average Bonchev–Trinajstić information content (AvgIpc) is 3.20. The Morgan fingerprint density at radius 2 is 1.60 bits per heavy atom. The van der Waals surface area contributed by atoms with E-state index in [9.17, 15) is 39.9 Å². The molecule has 9 nitrogen and oxygen atoms in total. The van der Waals surface area contributed by atoms with Crippen molar-refractivity contribution < 1.29 is 99.0 Å². The molecule has 4 saturated carbocycles. The van der Waals surface area contributed by atoms with E-state index in [0.717, 1.165) is 32.1 Å². The first-order chi connectivity index (χ1) is 17.8. The maximum Gasteiger partial charge on any atom is 1.00 e. The Kier molecular flexibility index (Phi) is 13.1. The summed E-state index contributed by atoms with van der Waals surface area (Å²) in [4.78, 5) is 34.5. The molecule has 0 spiro atoms. The zero-order chi connectivity index (χ0) is 28.0. The van der Waals surface area contributed by atoms with Gasteiger partial charge in [0.15, 0.2) is 0 Å². The molecule has 11 heteroatoms. The largest absolute Gasteiger partial charge is 1.00 e. The fourth-order valence-electron chi connectivity index (χ4n) is 9.47. The fraction of sp³-hybridized carbons (Fsp3) is 0.897. The van der Waals surface area contributed by atoms with Crippen LogP contribution in [-0.4, -0.2) is 57.5 Å². The van der Waals surface area contributed by atoms with Crippen LogP contribution in [0.4, 0.5) is 0 Å². The summed E-state index contributed by atoms with van der Waals surface area (Å²) in [6, 6.07) is -1.37. The van der Waals surface area contributed by atoms with E-state index in [4.69, 9.17) is 0 Å². The molecule has 4 aliphatic rings. The van der Waals surface area contributed by atoms with Crippen LogP contribution in [0, 0.1) is 46.3 Å². The molecule has 1 amide bonds. The third-order valence-electron chi connectivity index (χ3n) is 11.6. The summed E-state index contributed by atoms with van der Waals surface area (Å²) in [6.45, 7) is 6.54. The second-order valence-corrected chi connectivity index (χ2v) is 13.4. The van der Waals surface area contributed by atoms with Gasteiger partial charge in [0.25, 0.3) is 0 Å². The van der Waals surface area contributed by atoms with E-state index in [1.54, 1.807) is 0 Å². The van der Waals surface area contributed by atoms with Gasteiger partial charge in [0.1, 0.15) is 0 Å². The Morgan fingerprint density at radius 3 is 2.23 bits per heavy atom. The average molecular weight is 582 g/mol. The maximum atomic E-state index is 12.5. The minimum atomic E-state index is -1.52. The van der Waals surface area contributed by atoms with Crippen LogP contribution < -0.4 is 74.6 Å². The number of amides is 1. The molecule has 12 atom stereocenters. The second-order valence-electron chi connectivity index (χ2n) is 13.4. The smallest absolute Gasteiger partial charge is 0.550 e. The maximum absolute atomic E-state index is 12.5. The van der Waals surface area contributed by atoms with Gasteiger partial charge in [-0.25, -0.2) is 0 Å². The van der Waals surface area contributed by atoms with Crippen molar-refractivity contribution >= 4 is 17.8 Å². The number of fused-ring (bicyclic) bond motifs is 5. The summed E-state index contributed by atoms with van der Waals surface area (Å²) in [5.74, 6) is -2.31. The number of hydrogen-bond donors (Lipinski definition) is 4. The SMILES string of the molecule is C[C@H](CCC(=O)NC(CCC(=O)[O-])C(=O)[O-])[C@H]1CC[C@H]2[C@@H]3[C@H](O)C[C@@H]4C[C@H](O)CC[C@]4(C)[C@H]3C[C@H](O)[C@]12C.[Na+].[Na+]. The number of rotatable bonds is 9. The van der Waals surface area contributed by atoms with Crippen LogP contribution in [0.1, 0.15) is 91.4 Å². The number of carboxylic acids is 2. The summed E-state index contributed by atoms with van der Waals surface area (Å²) in [6.07, 6.45) is 4.18. The molecule has 4 N–H and O–H groups in total. The molecule has 40 heavy (non-hydrogen) atoms. The second kappa shape index (κ2) is 14.4. The van der Waals surface area contributed by atoms with Crippen molar-refractivity contribution in [3.63, 3.8) is 0 Å². The monoisotopic (exact) mass is 581 g/mol. The number of hydrogen-bond acceptors (Lipinski definition) is 8. The molecule has 0 aromatic heterocycles. The molecule has 4 fully saturated rings. The molecule has 0 aliphatic heterocycles. The Morgan fingerprint density at radius 1 is 0.925 bits per heavy atom. The van der Waals surface area contributed by atoms with E-state index >= 15 is 0 Å².